The van der Waals surface area contributed by atoms with Crippen LogP contribution in [-0.2, 0) is 11.3 Å². The molecule has 0 aliphatic carbocycles. The Kier molecular flexibility index (Phi) is 5.38. The zero-order chi connectivity index (χ0) is 14.4. The molecule has 0 atom stereocenters. The molecule has 1 amide bonds. The van der Waals surface area contributed by atoms with Crippen molar-refractivity contribution in [1.82, 2.24) is 15.1 Å². The molecule has 0 bridgehead atoms. The van der Waals surface area contributed by atoms with Gasteiger partial charge < -0.3 is 20.2 Å². The van der Waals surface area contributed by atoms with E-state index in [0.717, 1.165) is 38.3 Å². The Morgan fingerprint density at radius 3 is 2.65 bits per heavy atom. The molecule has 0 unspecified atom stereocenters. The van der Waals surface area contributed by atoms with Crippen molar-refractivity contribution < 1.29 is 9.90 Å². The van der Waals surface area contributed by atoms with E-state index < -0.39 is 0 Å². The zero-order valence-corrected chi connectivity index (χ0v) is 12.0. The molecule has 1 aromatic rings. The van der Waals surface area contributed by atoms with E-state index in [4.69, 9.17) is 0 Å². The highest BCUT2D eigenvalue weighted by Gasteiger charge is 2.14. The van der Waals surface area contributed by atoms with Crippen LogP contribution in [0.4, 0.5) is 0 Å². The molecule has 0 radical (unpaired) electrons. The molecule has 20 heavy (non-hydrogen) atoms. The fourth-order valence-electron chi connectivity index (χ4n) is 2.27. The third-order valence-corrected chi connectivity index (χ3v) is 3.72. The Balaban J connectivity index is 1.67. The molecular weight excluding hydrogens is 254 g/mol. The van der Waals surface area contributed by atoms with Crippen LogP contribution < -0.4 is 5.32 Å². The third kappa shape index (κ3) is 4.51. The van der Waals surface area contributed by atoms with E-state index in [9.17, 15) is 9.90 Å². The van der Waals surface area contributed by atoms with Crippen LogP contribution in [0, 0.1) is 0 Å². The maximum Gasteiger partial charge on any atom is 0.221 e. The van der Waals surface area contributed by atoms with Crippen LogP contribution >= 0.6 is 0 Å². The second-order valence-corrected chi connectivity index (χ2v) is 5.30. The van der Waals surface area contributed by atoms with Crippen molar-refractivity contribution >= 4 is 5.91 Å². The molecule has 0 saturated carbocycles. The number of carbonyl (C=O) groups is 1. The van der Waals surface area contributed by atoms with Crippen LogP contribution in [0.25, 0.3) is 0 Å². The van der Waals surface area contributed by atoms with Gasteiger partial charge in [-0.05, 0) is 13.1 Å². The van der Waals surface area contributed by atoms with Crippen LogP contribution in [0.3, 0.4) is 0 Å². The standard InChI is InChI=1S/C15H23N3O2/c1-17-8-10-18(11-9-17)7-6-15(20)16-12-13-4-2-3-5-14(13)19/h2-5,19H,6-12H2,1H3,(H,16,20). The second-order valence-electron chi connectivity index (χ2n) is 5.30. The maximum absolute atomic E-state index is 11.8. The minimum atomic E-state index is 0.0344. The fraction of sp³-hybridized carbons (Fsp3) is 0.533. The van der Waals surface area contributed by atoms with Gasteiger partial charge in [-0.25, -0.2) is 0 Å². The van der Waals surface area contributed by atoms with Gasteiger partial charge in [0.05, 0.1) is 0 Å². The zero-order valence-electron chi connectivity index (χ0n) is 12.0. The van der Waals surface area contributed by atoms with Crippen LogP contribution in [0.1, 0.15) is 12.0 Å². The van der Waals surface area contributed by atoms with Crippen LogP contribution in [0.5, 0.6) is 5.75 Å². The quantitative estimate of drug-likeness (QED) is 0.829. The first-order valence-electron chi connectivity index (χ1n) is 7.09. The predicted molar refractivity (Wildman–Crippen MR) is 78.5 cm³/mol. The number of nitrogens with one attached hydrogen (secondary N) is 1. The number of rotatable bonds is 5. The summed E-state index contributed by atoms with van der Waals surface area (Å²) in [5.74, 6) is 0.263. The summed E-state index contributed by atoms with van der Waals surface area (Å²) in [5, 5.41) is 12.5. The van der Waals surface area contributed by atoms with Gasteiger partial charge in [0, 0.05) is 51.3 Å². The maximum atomic E-state index is 11.8. The number of likely N-dealkylation sites (N-methyl/N-ethyl adjacent to an activating group) is 1. The lowest BCUT2D eigenvalue weighted by atomic mass is 10.2. The first-order chi connectivity index (χ1) is 9.65. The van der Waals surface area contributed by atoms with Crippen molar-refractivity contribution in [1.29, 1.82) is 0 Å². The van der Waals surface area contributed by atoms with Crippen LogP contribution in [-0.4, -0.2) is 60.6 Å². The van der Waals surface area contributed by atoms with Gasteiger partial charge in [0.2, 0.25) is 5.91 Å². The number of para-hydroxylation sites is 1. The van der Waals surface area contributed by atoms with Crippen molar-refractivity contribution in [2.24, 2.45) is 0 Å². The number of aromatic hydroxyl groups is 1. The van der Waals surface area contributed by atoms with Crippen LogP contribution in [0.15, 0.2) is 24.3 Å². The number of hydrogen-bond acceptors (Lipinski definition) is 4. The van der Waals surface area contributed by atoms with Gasteiger partial charge >= 0.3 is 0 Å². The highest BCUT2D eigenvalue weighted by molar-refractivity contribution is 5.76. The summed E-state index contributed by atoms with van der Waals surface area (Å²) < 4.78 is 0. The topological polar surface area (TPSA) is 55.8 Å². The molecule has 5 heteroatoms. The predicted octanol–water partition coefficient (Wildman–Crippen LogP) is 0.646. The van der Waals surface area contributed by atoms with E-state index in [2.05, 4.69) is 22.2 Å². The van der Waals surface area contributed by atoms with Crippen molar-refractivity contribution in [2.75, 3.05) is 39.8 Å². The summed E-state index contributed by atoms with van der Waals surface area (Å²) in [5.41, 5.74) is 0.750. The summed E-state index contributed by atoms with van der Waals surface area (Å²) in [6.45, 7) is 5.39. The molecule has 1 saturated heterocycles. The van der Waals surface area contributed by atoms with Gasteiger partial charge in [-0.1, -0.05) is 18.2 Å². The molecule has 0 aromatic heterocycles. The highest BCUT2D eigenvalue weighted by Crippen LogP contribution is 2.14. The van der Waals surface area contributed by atoms with E-state index in [1.54, 1.807) is 12.1 Å². The average molecular weight is 277 g/mol. The highest BCUT2D eigenvalue weighted by atomic mass is 16.3. The Labute approximate surface area is 120 Å². The SMILES string of the molecule is CN1CCN(CCC(=O)NCc2ccccc2O)CC1. The lowest BCUT2D eigenvalue weighted by molar-refractivity contribution is -0.121. The normalized spacial score (nSPS) is 17.1. The molecule has 110 valence electrons. The number of carbonyl (C=O) groups excluding carboxylic acids is 1. The average Bonchev–Trinajstić information content (AvgIpc) is 2.46. The number of hydrogen-bond donors (Lipinski definition) is 2. The number of phenolic OH excluding ortho intramolecular Hbond substituents is 1. The first kappa shape index (κ1) is 14.8. The largest absolute Gasteiger partial charge is 0.508 e. The number of piperazine rings is 1. The van der Waals surface area contributed by atoms with E-state index >= 15 is 0 Å². The van der Waals surface area contributed by atoms with Gasteiger partial charge in [-0.3, -0.25) is 4.79 Å². The first-order valence-corrected chi connectivity index (χ1v) is 7.09. The van der Waals surface area contributed by atoms with Crippen molar-refractivity contribution in [2.45, 2.75) is 13.0 Å². The van der Waals surface area contributed by atoms with E-state index in [0.29, 0.717) is 13.0 Å². The molecular formula is C15H23N3O2. The minimum Gasteiger partial charge on any atom is -0.508 e. The Hall–Kier alpha value is -1.59. The van der Waals surface area contributed by atoms with Crippen molar-refractivity contribution in [3.63, 3.8) is 0 Å². The van der Waals surface area contributed by atoms with Crippen molar-refractivity contribution in [3.05, 3.63) is 29.8 Å². The molecule has 2 rings (SSSR count). The second kappa shape index (κ2) is 7.26. The number of nitrogens with zero attached hydrogens (tertiary/aromatic N) is 2. The molecule has 2 N–H and O–H groups in total. The molecule has 1 fully saturated rings. The van der Waals surface area contributed by atoms with E-state index in [1.807, 2.05) is 12.1 Å². The number of amides is 1. The fourth-order valence-corrected chi connectivity index (χ4v) is 2.27. The minimum absolute atomic E-state index is 0.0344. The van der Waals surface area contributed by atoms with Gasteiger partial charge in [0.25, 0.3) is 0 Å². The summed E-state index contributed by atoms with van der Waals surface area (Å²) in [6.07, 6.45) is 0.511. The molecule has 1 aliphatic heterocycles. The lowest BCUT2D eigenvalue weighted by Crippen LogP contribution is -2.45. The molecule has 0 spiro atoms. The van der Waals surface area contributed by atoms with Gasteiger partial charge in [0.15, 0.2) is 0 Å². The van der Waals surface area contributed by atoms with Crippen LogP contribution in [0.2, 0.25) is 0 Å². The Morgan fingerprint density at radius 1 is 1.25 bits per heavy atom. The third-order valence-electron chi connectivity index (χ3n) is 3.72. The monoisotopic (exact) mass is 277 g/mol. The lowest BCUT2D eigenvalue weighted by Gasteiger charge is -2.32. The summed E-state index contributed by atoms with van der Waals surface area (Å²) in [4.78, 5) is 16.4. The smallest absolute Gasteiger partial charge is 0.221 e. The Bertz CT molecular complexity index is 442. The Morgan fingerprint density at radius 2 is 1.95 bits per heavy atom. The molecule has 5 nitrogen and oxygen atoms in total. The van der Waals surface area contributed by atoms with Gasteiger partial charge in [0.1, 0.15) is 5.75 Å². The summed E-state index contributed by atoms with van der Waals surface area (Å²) in [7, 11) is 2.12. The van der Waals surface area contributed by atoms with Gasteiger partial charge in [-0.15, -0.1) is 0 Å². The van der Waals surface area contributed by atoms with E-state index in [1.165, 1.54) is 0 Å². The van der Waals surface area contributed by atoms with E-state index in [-0.39, 0.29) is 11.7 Å². The summed E-state index contributed by atoms with van der Waals surface area (Å²) in [6, 6.07) is 7.07. The van der Waals surface area contributed by atoms with Crippen molar-refractivity contribution in [3.8, 4) is 5.75 Å². The molecule has 1 aromatic carbocycles. The number of phenols is 1. The van der Waals surface area contributed by atoms with Gasteiger partial charge in [-0.2, -0.15) is 0 Å². The molecule has 1 aliphatic rings. The number of benzene rings is 1. The molecule has 1 heterocycles. The summed E-state index contributed by atoms with van der Waals surface area (Å²) >= 11 is 0.